The molecule has 1 unspecified atom stereocenters. The van der Waals surface area contributed by atoms with Gasteiger partial charge in [0.25, 0.3) is 0 Å². The number of amides is 2. The molecule has 0 bridgehead atoms. The number of nitrogens with zero attached hydrogens (tertiary/aromatic N) is 1. The molecule has 1 heterocycles. The third-order valence-electron chi connectivity index (χ3n) is 3.45. The molecule has 0 aromatic heterocycles. The summed E-state index contributed by atoms with van der Waals surface area (Å²) in [5, 5.41) is 11.6. The van der Waals surface area contributed by atoms with Crippen LogP contribution in [0, 0.1) is 11.2 Å². The number of hydrogen-bond acceptors (Lipinski definition) is 2. The first-order valence-corrected chi connectivity index (χ1v) is 6.44. The molecule has 2 amide bonds. The van der Waals surface area contributed by atoms with Crippen LogP contribution in [0.25, 0.3) is 0 Å². The van der Waals surface area contributed by atoms with E-state index < -0.39 is 23.2 Å². The van der Waals surface area contributed by atoms with Crippen molar-refractivity contribution in [2.45, 2.75) is 13.3 Å². The molecule has 108 valence electrons. The summed E-state index contributed by atoms with van der Waals surface area (Å²) in [4.78, 5) is 24.5. The number of aliphatic carboxylic acids is 1. The topological polar surface area (TPSA) is 69.6 Å². The van der Waals surface area contributed by atoms with Crippen LogP contribution in [0.3, 0.4) is 0 Å². The number of halogens is 2. The zero-order chi connectivity index (χ0) is 14.9. The SMILES string of the molecule is CC1(C(=O)O)CCN(C(=O)Nc2ccc(F)c(Cl)c2)C1. The van der Waals surface area contributed by atoms with Crippen LogP contribution < -0.4 is 5.32 Å². The van der Waals surface area contributed by atoms with Crippen LogP contribution in [-0.2, 0) is 4.79 Å². The second-order valence-corrected chi connectivity index (χ2v) is 5.50. The first-order valence-electron chi connectivity index (χ1n) is 6.06. The van der Waals surface area contributed by atoms with Crippen molar-refractivity contribution in [3.63, 3.8) is 0 Å². The maximum absolute atomic E-state index is 13.0. The summed E-state index contributed by atoms with van der Waals surface area (Å²) in [7, 11) is 0. The van der Waals surface area contributed by atoms with Crippen molar-refractivity contribution in [3.8, 4) is 0 Å². The Labute approximate surface area is 120 Å². The zero-order valence-electron chi connectivity index (χ0n) is 10.8. The molecule has 0 aliphatic carbocycles. The van der Waals surface area contributed by atoms with Crippen molar-refractivity contribution >= 4 is 29.3 Å². The fourth-order valence-corrected chi connectivity index (χ4v) is 2.27. The highest BCUT2D eigenvalue weighted by atomic mass is 35.5. The Morgan fingerprint density at radius 3 is 2.75 bits per heavy atom. The van der Waals surface area contributed by atoms with E-state index in [0.717, 1.165) is 6.07 Å². The Hall–Kier alpha value is -1.82. The smallest absolute Gasteiger partial charge is 0.321 e. The Bertz CT molecular complexity index is 567. The van der Waals surface area contributed by atoms with E-state index in [1.54, 1.807) is 6.92 Å². The van der Waals surface area contributed by atoms with Gasteiger partial charge in [0.1, 0.15) is 5.82 Å². The van der Waals surface area contributed by atoms with E-state index in [2.05, 4.69) is 5.32 Å². The van der Waals surface area contributed by atoms with E-state index in [9.17, 15) is 14.0 Å². The Morgan fingerprint density at radius 2 is 2.20 bits per heavy atom. The number of carbonyl (C=O) groups is 2. The van der Waals surface area contributed by atoms with Crippen LogP contribution >= 0.6 is 11.6 Å². The zero-order valence-corrected chi connectivity index (χ0v) is 11.6. The van der Waals surface area contributed by atoms with Gasteiger partial charge in [-0.3, -0.25) is 4.79 Å². The highest BCUT2D eigenvalue weighted by Crippen LogP contribution is 2.30. The minimum atomic E-state index is -0.919. The fraction of sp³-hybridized carbons (Fsp3) is 0.385. The van der Waals surface area contributed by atoms with Crippen LogP contribution in [0.2, 0.25) is 5.02 Å². The van der Waals surface area contributed by atoms with Crippen LogP contribution in [-0.4, -0.2) is 35.1 Å². The third kappa shape index (κ3) is 2.85. The number of carboxylic acids is 1. The number of rotatable bonds is 2. The van der Waals surface area contributed by atoms with Gasteiger partial charge in [0.15, 0.2) is 0 Å². The van der Waals surface area contributed by atoms with Gasteiger partial charge in [-0.1, -0.05) is 11.6 Å². The second-order valence-electron chi connectivity index (χ2n) is 5.10. The van der Waals surface area contributed by atoms with Crippen molar-refractivity contribution < 1.29 is 19.1 Å². The number of carboxylic acid groups (broad SMARTS) is 1. The van der Waals surface area contributed by atoms with Crippen molar-refractivity contribution in [2.75, 3.05) is 18.4 Å². The Balaban J connectivity index is 2.03. The van der Waals surface area contributed by atoms with Gasteiger partial charge in [0.05, 0.1) is 10.4 Å². The Kier molecular flexibility index (Phi) is 3.85. The van der Waals surface area contributed by atoms with Gasteiger partial charge in [0, 0.05) is 18.8 Å². The van der Waals surface area contributed by atoms with E-state index in [0.29, 0.717) is 18.7 Å². The van der Waals surface area contributed by atoms with Crippen LogP contribution in [0.4, 0.5) is 14.9 Å². The first kappa shape index (κ1) is 14.6. The van der Waals surface area contributed by atoms with Crippen LogP contribution in [0.1, 0.15) is 13.3 Å². The van der Waals surface area contributed by atoms with Crippen LogP contribution in [0.5, 0.6) is 0 Å². The van der Waals surface area contributed by atoms with Gasteiger partial charge in [-0.25, -0.2) is 9.18 Å². The monoisotopic (exact) mass is 300 g/mol. The lowest BCUT2D eigenvalue weighted by molar-refractivity contribution is -0.146. The predicted octanol–water partition coefficient (Wildman–Crippen LogP) is 2.81. The molecule has 20 heavy (non-hydrogen) atoms. The maximum atomic E-state index is 13.0. The molecular weight excluding hydrogens is 287 g/mol. The van der Waals surface area contributed by atoms with E-state index in [1.165, 1.54) is 17.0 Å². The van der Waals surface area contributed by atoms with Gasteiger partial charge in [-0.15, -0.1) is 0 Å². The summed E-state index contributed by atoms with van der Waals surface area (Å²) in [6.07, 6.45) is 0.403. The van der Waals surface area contributed by atoms with Gasteiger partial charge in [-0.2, -0.15) is 0 Å². The van der Waals surface area contributed by atoms with Crippen molar-refractivity contribution in [2.24, 2.45) is 5.41 Å². The summed E-state index contributed by atoms with van der Waals surface area (Å²) in [6.45, 7) is 2.12. The van der Waals surface area contributed by atoms with Gasteiger partial charge < -0.3 is 15.3 Å². The van der Waals surface area contributed by atoms with Gasteiger partial charge >= 0.3 is 12.0 Å². The molecule has 1 aromatic carbocycles. The van der Waals surface area contributed by atoms with Crippen molar-refractivity contribution in [3.05, 3.63) is 29.0 Å². The van der Waals surface area contributed by atoms with Gasteiger partial charge in [-0.05, 0) is 31.5 Å². The molecule has 0 saturated carbocycles. The summed E-state index contributed by atoms with van der Waals surface area (Å²) >= 11 is 5.63. The van der Waals surface area contributed by atoms with E-state index >= 15 is 0 Å². The van der Waals surface area contributed by atoms with Crippen LogP contribution in [0.15, 0.2) is 18.2 Å². The third-order valence-corrected chi connectivity index (χ3v) is 3.74. The molecule has 2 rings (SSSR count). The fourth-order valence-electron chi connectivity index (χ4n) is 2.09. The average molecular weight is 301 g/mol. The molecule has 1 aliphatic heterocycles. The lowest BCUT2D eigenvalue weighted by atomic mass is 9.90. The predicted molar refractivity (Wildman–Crippen MR) is 72.4 cm³/mol. The molecule has 1 fully saturated rings. The normalized spacial score (nSPS) is 21.9. The number of urea groups is 1. The summed E-state index contributed by atoms with van der Waals surface area (Å²) in [5.74, 6) is -1.48. The molecule has 0 radical (unpaired) electrons. The first-order chi connectivity index (χ1) is 9.32. The lowest BCUT2D eigenvalue weighted by Crippen LogP contribution is -2.37. The maximum Gasteiger partial charge on any atom is 0.321 e. The van der Waals surface area contributed by atoms with E-state index in [-0.39, 0.29) is 11.6 Å². The number of likely N-dealkylation sites (tertiary alicyclic amines) is 1. The number of hydrogen-bond donors (Lipinski definition) is 2. The Morgan fingerprint density at radius 1 is 1.50 bits per heavy atom. The second kappa shape index (κ2) is 5.28. The quantitative estimate of drug-likeness (QED) is 0.882. The molecule has 7 heteroatoms. The number of carbonyl (C=O) groups excluding carboxylic acids is 1. The minimum absolute atomic E-state index is 0.0837. The standard InChI is InChI=1S/C13H14ClFN2O3/c1-13(11(18)19)4-5-17(7-13)12(20)16-8-2-3-10(15)9(14)6-8/h2-3,6H,4-5,7H2,1H3,(H,16,20)(H,18,19). The molecule has 0 spiro atoms. The highest BCUT2D eigenvalue weighted by Gasteiger charge is 2.42. The molecular formula is C13H14ClFN2O3. The summed E-state index contributed by atoms with van der Waals surface area (Å²) in [6, 6.07) is 3.44. The molecule has 2 N–H and O–H groups in total. The highest BCUT2D eigenvalue weighted by molar-refractivity contribution is 6.31. The largest absolute Gasteiger partial charge is 0.481 e. The number of nitrogens with one attached hydrogen (secondary N) is 1. The molecule has 5 nitrogen and oxygen atoms in total. The van der Waals surface area contributed by atoms with Crippen molar-refractivity contribution in [1.82, 2.24) is 4.90 Å². The molecule has 1 aliphatic rings. The van der Waals surface area contributed by atoms with Gasteiger partial charge in [0.2, 0.25) is 0 Å². The minimum Gasteiger partial charge on any atom is -0.481 e. The summed E-state index contributed by atoms with van der Waals surface area (Å²) in [5.41, 5.74) is -0.553. The molecule has 1 aromatic rings. The van der Waals surface area contributed by atoms with Crippen molar-refractivity contribution in [1.29, 1.82) is 0 Å². The average Bonchev–Trinajstić information content (AvgIpc) is 2.78. The summed E-state index contributed by atoms with van der Waals surface area (Å²) < 4.78 is 13.0. The van der Waals surface area contributed by atoms with E-state index in [4.69, 9.17) is 16.7 Å². The van der Waals surface area contributed by atoms with E-state index in [1.807, 2.05) is 0 Å². The number of anilines is 1. The molecule has 1 saturated heterocycles. The number of benzene rings is 1. The molecule has 1 atom stereocenters. The lowest BCUT2D eigenvalue weighted by Gasteiger charge is -2.20.